The average Bonchev–Trinajstić information content (AvgIpc) is 3.11. The molecule has 0 spiro atoms. The minimum Gasteiger partial charge on any atom is -0.311 e. The van der Waals surface area contributed by atoms with Gasteiger partial charge in [0.1, 0.15) is 5.51 Å². The number of rotatable bonds is 4. The van der Waals surface area contributed by atoms with Crippen LogP contribution in [0.4, 0.5) is 11.4 Å². The summed E-state index contributed by atoms with van der Waals surface area (Å²) < 4.78 is 0.759. The van der Waals surface area contributed by atoms with Gasteiger partial charge in [-0.1, -0.05) is 29.2 Å². The standard InChI is InChI=1S/C12H10N4O3S2/c17-11-10(21-12-14-13-7-20-12)4-5-15(11)8-2-1-3-9(6-8)16(18)19/h1-3,6-7,10H,4-5H2. The van der Waals surface area contributed by atoms with Crippen LogP contribution in [0.1, 0.15) is 6.42 Å². The monoisotopic (exact) mass is 322 g/mol. The van der Waals surface area contributed by atoms with E-state index in [4.69, 9.17) is 0 Å². The number of aromatic nitrogens is 2. The summed E-state index contributed by atoms with van der Waals surface area (Å²) in [6.07, 6.45) is 0.686. The number of nitro groups is 1. The van der Waals surface area contributed by atoms with Crippen molar-refractivity contribution in [3.63, 3.8) is 0 Å². The van der Waals surface area contributed by atoms with Crippen molar-refractivity contribution in [3.05, 3.63) is 39.9 Å². The Morgan fingerprint density at radius 3 is 3.05 bits per heavy atom. The van der Waals surface area contributed by atoms with E-state index in [9.17, 15) is 14.9 Å². The molecule has 1 aromatic heterocycles. The first-order valence-corrected chi connectivity index (χ1v) is 7.90. The molecule has 7 nitrogen and oxygen atoms in total. The summed E-state index contributed by atoms with van der Waals surface area (Å²) in [5.41, 5.74) is 2.18. The molecule has 3 rings (SSSR count). The van der Waals surface area contributed by atoms with Gasteiger partial charge >= 0.3 is 0 Å². The third-order valence-electron chi connectivity index (χ3n) is 3.09. The molecule has 0 aliphatic carbocycles. The van der Waals surface area contributed by atoms with Crippen molar-refractivity contribution < 1.29 is 9.72 Å². The minimum atomic E-state index is -0.461. The molecule has 1 unspecified atom stereocenters. The Kier molecular flexibility index (Phi) is 3.84. The summed E-state index contributed by atoms with van der Waals surface area (Å²) in [5.74, 6) is -0.0457. The number of carbonyl (C=O) groups excluding carboxylic acids is 1. The summed E-state index contributed by atoms with van der Waals surface area (Å²) >= 11 is 2.79. The lowest BCUT2D eigenvalue weighted by Crippen LogP contribution is -2.27. The fourth-order valence-corrected chi connectivity index (χ4v) is 3.90. The summed E-state index contributed by atoms with van der Waals surface area (Å²) in [6, 6.07) is 6.14. The van der Waals surface area contributed by atoms with Crippen LogP contribution in [0.2, 0.25) is 0 Å². The molecule has 21 heavy (non-hydrogen) atoms. The van der Waals surface area contributed by atoms with Crippen LogP contribution >= 0.6 is 23.1 Å². The molecule has 2 heterocycles. The molecule has 1 amide bonds. The summed E-state index contributed by atoms with van der Waals surface area (Å²) in [5, 5.41) is 18.3. The molecule has 2 aromatic rings. The number of benzene rings is 1. The molecular weight excluding hydrogens is 312 g/mol. The van der Waals surface area contributed by atoms with Gasteiger partial charge in [-0.25, -0.2) is 0 Å². The normalized spacial score (nSPS) is 18.2. The Bertz CT molecular complexity index is 677. The van der Waals surface area contributed by atoms with Crippen LogP contribution in [0.5, 0.6) is 0 Å². The lowest BCUT2D eigenvalue weighted by Gasteiger charge is -2.16. The van der Waals surface area contributed by atoms with Gasteiger partial charge in [-0.05, 0) is 12.5 Å². The SMILES string of the molecule is O=C1C(Sc2nncs2)CCN1c1cccc([N+](=O)[O-])c1. The highest BCUT2D eigenvalue weighted by molar-refractivity contribution is 8.02. The Labute approximate surface area is 128 Å². The van der Waals surface area contributed by atoms with Gasteiger partial charge in [0.25, 0.3) is 5.69 Å². The molecule has 0 N–H and O–H groups in total. The van der Waals surface area contributed by atoms with E-state index in [1.165, 1.54) is 35.2 Å². The molecule has 108 valence electrons. The lowest BCUT2D eigenvalue weighted by molar-refractivity contribution is -0.384. The summed E-state index contributed by atoms with van der Waals surface area (Å²) in [7, 11) is 0. The third kappa shape index (κ3) is 2.88. The van der Waals surface area contributed by atoms with E-state index in [1.54, 1.807) is 22.5 Å². The van der Waals surface area contributed by atoms with Crippen LogP contribution in [-0.2, 0) is 4.79 Å². The van der Waals surface area contributed by atoms with E-state index >= 15 is 0 Å². The fraction of sp³-hybridized carbons (Fsp3) is 0.250. The number of amides is 1. The van der Waals surface area contributed by atoms with Crippen LogP contribution in [0.15, 0.2) is 34.1 Å². The van der Waals surface area contributed by atoms with Gasteiger partial charge in [-0.2, -0.15) is 0 Å². The predicted octanol–water partition coefficient (Wildman–Crippen LogP) is 2.34. The topological polar surface area (TPSA) is 89.2 Å². The number of carbonyl (C=O) groups is 1. The quantitative estimate of drug-likeness (QED) is 0.634. The Morgan fingerprint density at radius 2 is 2.33 bits per heavy atom. The van der Waals surface area contributed by atoms with Gasteiger partial charge < -0.3 is 4.90 Å². The van der Waals surface area contributed by atoms with Crippen molar-refractivity contribution in [2.24, 2.45) is 0 Å². The van der Waals surface area contributed by atoms with Crippen LogP contribution in [-0.4, -0.2) is 32.8 Å². The first kappa shape index (κ1) is 14.0. The number of thioether (sulfide) groups is 1. The molecule has 1 aromatic carbocycles. The van der Waals surface area contributed by atoms with Crippen LogP contribution in [0.25, 0.3) is 0 Å². The van der Waals surface area contributed by atoms with Crippen molar-refractivity contribution in [3.8, 4) is 0 Å². The molecule has 1 saturated heterocycles. The van der Waals surface area contributed by atoms with Crippen molar-refractivity contribution >= 4 is 40.4 Å². The highest BCUT2D eigenvalue weighted by Crippen LogP contribution is 2.34. The number of non-ortho nitro benzene ring substituents is 1. The highest BCUT2D eigenvalue weighted by atomic mass is 32.2. The van der Waals surface area contributed by atoms with E-state index in [-0.39, 0.29) is 16.8 Å². The molecule has 0 radical (unpaired) electrons. The van der Waals surface area contributed by atoms with Gasteiger partial charge in [-0.3, -0.25) is 14.9 Å². The first-order chi connectivity index (χ1) is 10.1. The van der Waals surface area contributed by atoms with Crippen molar-refractivity contribution in [1.29, 1.82) is 0 Å². The lowest BCUT2D eigenvalue weighted by atomic mass is 10.2. The van der Waals surface area contributed by atoms with Gasteiger partial charge in [0, 0.05) is 18.7 Å². The van der Waals surface area contributed by atoms with Crippen LogP contribution < -0.4 is 4.90 Å². The maximum Gasteiger partial charge on any atom is 0.271 e. The Hall–Kier alpha value is -2.00. The molecule has 1 fully saturated rings. The number of nitrogens with zero attached hydrogens (tertiary/aromatic N) is 4. The van der Waals surface area contributed by atoms with E-state index in [0.29, 0.717) is 18.7 Å². The third-order valence-corrected chi connectivity index (χ3v) is 5.16. The zero-order valence-corrected chi connectivity index (χ0v) is 12.3. The minimum absolute atomic E-state index is 0.0134. The molecule has 1 aliphatic rings. The van der Waals surface area contributed by atoms with Crippen molar-refractivity contribution in [2.75, 3.05) is 11.4 Å². The Morgan fingerprint density at radius 1 is 1.48 bits per heavy atom. The molecule has 1 atom stereocenters. The maximum absolute atomic E-state index is 12.4. The number of anilines is 1. The second kappa shape index (κ2) is 5.78. The average molecular weight is 322 g/mol. The van der Waals surface area contributed by atoms with Gasteiger partial charge in [0.2, 0.25) is 5.91 Å². The summed E-state index contributed by atoms with van der Waals surface area (Å²) in [4.78, 5) is 24.3. The van der Waals surface area contributed by atoms with Gasteiger partial charge in [0.15, 0.2) is 4.34 Å². The van der Waals surface area contributed by atoms with Gasteiger partial charge in [0.05, 0.1) is 15.9 Å². The van der Waals surface area contributed by atoms with Gasteiger partial charge in [-0.15, -0.1) is 10.2 Å². The molecule has 1 aliphatic heterocycles. The Balaban J connectivity index is 1.77. The zero-order chi connectivity index (χ0) is 14.8. The van der Waals surface area contributed by atoms with E-state index < -0.39 is 4.92 Å². The van der Waals surface area contributed by atoms with Crippen LogP contribution in [0, 0.1) is 10.1 Å². The first-order valence-electron chi connectivity index (χ1n) is 6.14. The van der Waals surface area contributed by atoms with E-state index in [1.807, 2.05) is 0 Å². The molecule has 9 heteroatoms. The zero-order valence-electron chi connectivity index (χ0n) is 10.7. The second-order valence-electron chi connectivity index (χ2n) is 4.37. The van der Waals surface area contributed by atoms with E-state index in [0.717, 1.165) is 4.34 Å². The number of hydrogen-bond acceptors (Lipinski definition) is 7. The van der Waals surface area contributed by atoms with E-state index in [2.05, 4.69) is 10.2 Å². The highest BCUT2D eigenvalue weighted by Gasteiger charge is 2.34. The molecule has 0 bridgehead atoms. The van der Waals surface area contributed by atoms with Crippen molar-refractivity contribution in [1.82, 2.24) is 10.2 Å². The molecular formula is C12H10N4O3S2. The predicted molar refractivity (Wildman–Crippen MR) is 79.6 cm³/mol. The smallest absolute Gasteiger partial charge is 0.271 e. The number of hydrogen-bond donors (Lipinski definition) is 0. The van der Waals surface area contributed by atoms with Crippen LogP contribution in [0.3, 0.4) is 0 Å². The second-order valence-corrected chi connectivity index (χ2v) is 6.65. The largest absolute Gasteiger partial charge is 0.311 e. The number of nitro benzene ring substituents is 1. The summed E-state index contributed by atoms with van der Waals surface area (Å²) in [6.45, 7) is 0.552. The fourth-order valence-electron chi connectivity index (χ4n) is 2.13. The maximum atomic E-state index is 12.4. The molecule has 0 saturated carbocycles. The van der Waals surface area contributed by atoms with Crippen molar-refractivity contribution in [2.45, 2.75) is 16.0 Å².